The van der Waals surface area contributed by atoms with E-state index in [0.717, 1.165) is 45.1 Å². The van der Waals surface area contributed by atoms with Gasteiger partial charge < -0.3 is 15.0 Å². The molecule has 3 heterocycles. The molecule has 2 saturated heterocycles. The highest BCUT2D eigenvalue weighted by atomic mass is 35.5. The van der Waals surface area contributed by atoms with E-state index in [0.29, 0.717) is 11.8 Å². The van der Waals surface area contributed by atoms with Gasteiger partial charge in [-0.05, 0) is 49.5 Å². The summed E-state index contributed by atoms with van der Waals surface area (Å²) >= 11 is 5.70. The highest BCUT2D eigenvalue weighted by Crippen LogP contribution is 2.40. The van der Waals surface area contributed by atoms with Gasteiger partial charge in [0.1, 0.15) is 0 Å². The van der Waals surface area contributed by atoms with Crippen molar-refractivity contribution in [1.82, 2.24) is 15.1 Å². The van der Waals surface area contributed by atoms with Gasteiger partial charge in [0, 0.05) is 38.9 Å². The van der Waals surface area contributed by atoms with Crippen molar-refractivity contribution in [3.05, 3.63) is 16.8 Å². The number of aromatic nitrogens is 2. The molecule has 2 aliphatic heterocycles. The normalized spacial score (nSPS) is 30.1. The lowest BCUT2D eigenvalue weighted by atomic mass is 10.00. The Morgan fingerprint density at radius 1 is 1.19 bits per heavy atom. The molecule has 8 heteroatoms. The number of likely N-dealkylation sites (tertiary alicyclic amines) is 1. The summed E-state index contributed by atoms with van der Waals surface area (Å²) in [4.78, 5) is 2.59. The van der Waals surface area contributed by atoms with E-state index in [4.69, 9.17) is 16.3 Å². The molecule has 3 aliphatic rings. The van der Waals surface area contributed by atoms with Crippen molar-refractivity contribution in [3.63, 3.8) is 0 Å². The van der Waals surface area contributed by atoms with Gasteiger partial charge in [0.05, 0.1) is 5.56 Å². The van der Waals surface area contributed by atoms with E-state index in [9.17, 15) is 8.78 Å². The zero-order valence-electron chi connectivity index (χ0n) is 14.7. The van der Waals surface area contributed by atoms with Crippen LogP contribution in [0.1, 0.15) is 37.7 Å². The zero-order valence-corrected chi connectivity index (χ0v) is 15.5. The third-order valence-electron chi connectivity index (χ3n) is 6.05. The van der Waals surface area contributed by atoms with Crippen molar-refractivity contribution in [2.75, 3.05) is 38.2 Å². The molecular weight excluding hydrogens is 362 g/mol. The summed E-state index contributed by atoms with van der Waals surface area (Å²) in [6.45, 7) is 5.20. The Kier molecular flexibility index (Phi) is 5.57. The first kappa shape index (κ1) is 18.3. The van der Waals surface area contributed by atoms with Crippen LogP contribution in [0.3, 0.4) is 0 Å². The SMILES string of the molecule is FC(F)c1cc(Cl)nnc1NC1CC2CN(CC3CCOCC3)CC2C1. The van der Waals surface area contributed by atoms with Crippen LogP contribution in [0.15, 0.2) is 6.07 Å². The lowest BCUT2D eigenvalue weighted by Crippen LogP contribution is -2.32. The van der Waals surface area contributed by atoms with Gasteiger partial charge in [-0.15, -0.1) is 10.2 Å². The number of fused-ring (bicyclic) bond motifs is 1. The Balaban J connectivity index is 1.31. The predicted molar refractivity (Wildman–Crippen MR) is 95.6 cm³/mol. The minimum Gasteiger partial charge on any atom is -0.381 e. The largest absolute Gasteiger partial charge is 0.381 e. The fraction of sp³-hybridized carbons (Fsp3) is 0.778. The molecule has 1 aromatic heterocycles. The number of hydrogen-bond donors (Lipinski definition) is 1. The summed E-state index contributed by atoms with van der Waals surface area (Å²) in [5.41, 5.74) is -0.164. The summed E-state index contributed by atoms with van der Waals surface area (Å²) < 4.78 is 31.9. The number of ether oxygens (including phenoxy) is 1. The number of nitrogens with zero attached hydrogens (tertiary/aromatic N) is 3. The number of alkyl halides is 2. The van der Waals surface area contributed by atoms with Gasteiger partial charge in [0.2, 0.25) is 0 Å². The van der Waals surface area contributed by atoms with Crippen LogP contribution >= 0.6 is 11.6 Å². The van der Waals surface area contributed by atoms with E-state index in [2.05, 4.69) is 20.4 Å². The van der Waals surface area contributed by atoms with Gasteiger partial charge in [-0.2, -0.15) is 0 Å². The number of halogens is 3. The summed E-state index contributed by atoms with van der Waals surface area (Å²) in [5, 5.41) is 10.8. The molecule has 2 unspecified atom stereocenters. The van der Waals surface area contributed by atoms with Crippen LogP contribution in [0.4, 0.5) is 14.6 Å². The molecular formula is C18H25ClF2N4O. The van der Waals surface area contributed by atoms with Crippen LogP contribution in [-0.2, 0) is 4.74 Å². The van der Waals surface area contributed by atoms with Crippen molar-refractivity contribution in [2.45, 2.75) is 38.2 Å². The van der Waals surface area contributed by atoms with Crippen LogP contribution in [-0.4, -0.2) is 54.0 Å². The molecule has 2 atom stereocenters. The minimum atomic E-state index is -2.61. The molecule has 1 saturated carbocycles. The average Bonchev–Trinajstić information content (AvgIpc) is 3.15. The van der Waals surface area contributed by atoms with Crippen LogP contribution in [0, 0.1) is 17.8 Å². The van der Waals surface area contributed by atoms with Crippen LogP contribution < -0.4 is 5.32 Å². The highest BCUT2D eigenvalue weighted by molar-refractivity contribution is 6.29. The second-order valence-corrected chi connectivity index (χ2v) is 8.27. The van der Waals surface area contributed by atoms with Crippen LogP contribution in [0.2, 0.25) is 5.15 Å². The Bertz CT molecular complexity index is 615. The topological polar surface area (TPSA) is 50.3 Å². The average molecular weight is 387 g/mol. The van der Waals surface area contributed by atoms with Gasteiger partial charge >= 0.3 is 0 Å². The molecule has 0 amide bonds. The highest BCUT2D eigenvalue weighted by Gasteiger charge is 2.41. The van der Waals surface area contributed by atoms with Crippen molar-refractivity contribution in [1.29, 1.82) is 0 Å². The minimum absolute atomic E-state index is 0.00195. The quantitative estimate of drug-likeness (QED) is 0.837. The lowest BCUT2D eigenvalue weighted by Gasteiger charge is -2.27. The maximum Gasteiger partial charge on any atom is 0.267 e. The molecule has 5 nitrogen and oxygen atoms in total. The van der Waals surface area contributed by atoms with E-state index in [-0.39, 0.29) is 22.6 Å². The van der Waals surface area contributed by atoms with Gasteiger partial charge in [-0.3, -0.25) is 0 Å². The van der Waals surface area contributed by atoms with Crippen molar-refractivity contribution >= 4 is 17.4 Å². The number of hydrogen-bond acceptors (Lipinski definition) is 5. The van der Waals surface area contributed by atoms with E-state index < -0.39 is 6.43 Å². The fourth-order valence-electron chi connectivity index (χ4n) is 4.81. The first-order valence-electron chi connectivity index (χ1n) is 9.46. The monoisotopic (exact) mass is 386 g/mol. The van der Waals surface area contributed by atoms with Gasteiger partial charge in [-0.25, -0.2) is 8.78 Å². The fourth-order valence-corrected chi connectivity index (χ4v) is 4.97. The van der Waals surface area contributed by atoms with E-state index in [1.807, 2.05) is 0 Å². The number of nitrogens with one attached hydrogen (secondary N) is 1. The summed E-state index contributed by atoms with van der Waals surface area (Å²) in [7, 11) is 0. The van der Waals surface area contributed by atoms with Gasteiger partial charge in [0.15, 0.2) is 11.0 Å². The molecule has 144 valence electrons. The number of rotatable bonds is 5. The van der Waals surface area contributed by atoms with Gasteiger partial charge in [0.25, 0.3) is 6.43 Å². The van der Waals surface area contributed by atoms with Gasteiger partial charge in [-0.1, -0.05) is 11.6 Å². The Morgan fingerprint density at radius 3 is 2.54 bits per heavy atom. The third kappa shape index (κ3) is 4.10. The smallest absolute Gasteiger partial charge is 0.267 e. The summed E-state index contributed by atoms with van der Waals surface area (Å²) in [6.07, 6.45) is 1.73. The van der Waals surface area contributed by atoms with E-state index in [1.54, 1.807) is 0 Å². The third-order valence-corrected chi connectivity index (χ3v) is 6.24. The van der Waals surface area contributed by atoms with E-state index in [1.165, 1.54) is 25.5 Å². The molecule has 0 bridgehead atoms. The summed E-state index contributed by atoms with van der Waals surface area (Å²) in [5.74, 6) is 2.22. The predicted octanol–water partition coefficient (Wildman–Crippen LogP) is 3.62. The molecule has 0 radical (unpaired) electrons. The van der Waals surface area contributed by atoms with Crippen molar-refractivity contribution in [3.8, 4) is 0 Å². The molecule has 0 spiro atoms. The molecule has 1 aromatic rings. The molecule has 4 rings (SSSR count). The van der Waals surface area contributed by atoms with E-state index >= 15 is 0 Å². The van der Waals surface area contributed by atoms with Crippen molar-refractivity contribution in [2.24, 2.45) is 17.8 Å². The standard InChI is InChI=1S/C18H25ClF2N4O/c19-16-7-15(17(20)21)18(24-23-16)22-14-5-12-9-25(10-13(12)6-14)8-11-1-3-26-4-2-11/h7,11-14,17H,1-6,8-10H2,(H,22,24). The second kappa shape index (κ2) is 7.90. The second-order valence-electron chi connectivity index (χ2n) is 7.88. The maximum absolute atomic E-state index is 13.2. The maximum atomic E-state index is 13.2. The Morgan fingerprint density at radius 2 is 1.88 bits per heavy atom. The molecule has 3 fully saturated rings. The van der Waals surface area contributed by atoms with Crippen LogP contribution in [0.5, 0.6) is 0 Å². The Hall–Kier alpha value is -1.05. The lowest BCUT2D eigenvalue weighted by molar-refractivity contribution is 0.0545. The summed E-state index contributed by atoms with van der Waals surface area (Å²) in [6, 6.07) is 1.38. The molecule has 1 aliphatic carbocycles. The number of anilines is 1. The molecule has 26 heavy (non-hydrogen) atoms. The van der Waals surface area contributed by atoms with Crippen molar-refractivity contribution < 1.29 is 13.5 Å². The first-order chi connectivity index (χ1) is 12.6. The molecule has 1 N–H and O–H groups in total. The zero-order chi connectivity index (χ0) is 18.1. The molecule has 0 aromatic carbocycles. The Labute approximate surface area is 157 Å². The van der Waals surface area contributed by atoms with Crippen LogP contribution in [0.25, 0.3) is 0 Å². The first-order valence-corrected chi connectivity index (χ1v) is 9.84.